The topological polar surface area (TPSA) is 26.3 Å². The summed E-state index contributed by atoms with van der Waals surface area (Å²) in [6, 6.07) is 5.25. The largest absolute Gasteiger partial charge is 0.497 e. The van der Waals surface area contributed by atoms with Crippen molar-refractivity contribution in [3.8, 4) is 5.75 Å². The lowest BCUT2D eigenvalue weighted by Gasteiger charge is -2.09. The third-order valence-corrected chi connectivity index (χ3v) is 1.60. The lowest BCUT2D eigenvalue weighted by molar-refractivity contribution is -0.130. The fraction of sp³-hybridized carbons (Fsp3) is 0.222. The number of halogens is 2. The van der Waals surface area contributed by atoms with Crippen LogP contribution in [-0.2, 0) is 10.7 Å². The molecule has 0 saturated heterocycles. The summed E-state index contributed by atoms with van der Waals surface area (Å²) >= 11 is 0. The average molecular weight is 186 g/mol. The van der Waals surface area contributed by atoms with Gasteiger partial charge in [-0.05, 0) is 12.1 Å². The molecular formula is C9H8F2O2. The third kappa shape index (κ3) is 2.02. The molecule has 0 N–H and O–H groups in total. The second kappa shape index (κ2) is 3.51. The highest BCUT2D eigenvalue weighted by Gasteiger charge is 2.30. The average Bonchev–Trinajstić information content (AvgIpc) is 2.18. The molecule has 0 unspecified atom stereocenters. The highest BCUT2D eigenvalue weighted by atomic mass is 19.3. The first-order chi connectivity index (χ1) is 6.10. The molecular weight excluding hydrogens is 178 g/mol. The van der Waals surface area contributed by atoms with Crippen LogP contribution in [0.5, 0.6) is 5.75 Å². The van der Waals surface area contributed by atoms with Gasteiger partial charge in [-0.1, -0.05) is 12.1 Å². The van der Waals surface area contributed by atoms with Crippen LogP contribution in [-0.4, -0.2) is 13.4 Å². The van der Waals surface area contributed by atoms with Crippen molar-refractivity contribution < 1.29 is 18.3 Å². The van der Waals surface area contributed by atoms with Gasteiger partial charge in [0.25, 0.3) is 0 Å². The number of alkyl halides is 2. The highest BCUT2D eigenvalue weighted by Crippen LogP contribution is 2.27. The monoisotopic (exact) mass is 186 g/mol. The fourth-order valence-electron chi connectivity index (χ4n) is 0.898. The summed E-state index contributed by atoms with van der Waals surface area (Å²) in [6.07, 6.45) is -0.387. The molecule has 0 radical (unpaired) electrons. The number of rotatable bonds is 3. The molecule has 13 heavy (non-hydrogen) atoms. The molecule has 0 aliphatic heterocycles. The van der Waals surface area contributed by atoms with Crippen molar-refractivity contribution in [3.63, 3.8) is 0 Å². The van der Waals surface area contributed by atoms with E-state index in [1.165, 1.54) is 25.3 Å². The molecule has 4 heteroatoms. The summed E-state index contributed by atoms with van der Waals surface area (Å²) in [5.41, 5.74) is -0.359. The van der Waals surface area contributed by atoms with E-state index < -0.39 is 5.92 Å². The lowest BCUT2D eigenvalue weighted by Crippen LogP contribution is -2.14. The molecule has 0 aliphatic rings. The molecule has 0 atom stereocenters. The molecule has 2 nitrogen and oxygen atoms in total. The summed E-state index contributed by atoms with van der Waals surface area (Å²) in [5, 5.41) is 0. The van der Waals surface area contributed by atoms with Gasteiger partial charge in [-0.15, -0.1) is 0 Å². The number of hydrogen-bond donors (Lipinski definition) is 0. The maximum atomic E-state index is 12.8. The number of carbonyl (C=O) groups excluding carboxylic acids is 1. The minimum Gasteiger partial charge on any atom is -0.497 e. The van der Waals surface area contributed by atoms with E-state index in [1.807, 2.05) is 0 Å². The lowest BCUT2D eigenvalue weighted by atomic mass is 10.1. The van der Waals surface area contributed by atoms with E-state index >= 15 is 0 Å². The summed E-state index contributed by atoms with van der Waals surface area (Å²) in [7, 11) is 1.37. The van der Waals surface area contributed by atoms with Crippen LogP contribution in [0.2, 0.25) is 0 Å². The van der Waals surface area contributed by atoms with Crippen LogP contribution in [0, 0.1) is 0 Å². The Labute approximate surface area is 74.1 Å². The third-order valence-electron chi connectivity index (χ3n) is 1.60. The van der Waals surface area contributed by atoms with Crippen molar-refractivity contribution in [2.24, 2.45) is 0 Å². The molecule has 0 fully saturated rings. The van der Waals surface area contributed by atoms with Crippen molar-refractivity contribution in [1.82, 2.24) is 0 Å². The Bertz CT molecular complexity index is 310. The number of aldehydes is 1. The quantitative estimate of drug-likeness (QED) is 0.675. The van der Waals surface area contributed by atoms with Gasteiger partial charge in [-0.25, -0.2) is 0 Å². The zero-order valence-electron chi connectivity index (χ0n) is 6.96. The molecule has 1 aromatic rings. The van der Waals surface area contributed by atoms with Crippen LogP contribution >= 0.6 is 0 Å². The van der Waals surface area contributed by atoms with Gasteiger partial charge in [0.05, 0.1) is 7.11 Å². The normalized spacial score (nSPS) is 11.0. The molecule has 0 aliphatic carbocycles. The number of methoxy groups -OCH3 is 1. The van der Waals surface area contributed by atoms with Crippen LogP contribution in [0.15, 0.2) is 24.3 Å². The summed E-state index contributed by atoms with van der Waals surface area (Å²) in [5.74, 6) is -3.13. The van der Waals surface area contributed by atoms with Crippen LogP contribution in [0.4, 0.5) is 8.78 Å². The molecule has 0 aromatic heterocycles. The Morgan fingerprint density at radius 3 is 2.69 bits per heavy atom. The Hall–Kier alpha value is -1.45. The van der Waals surface area contributed by atoms with E-state index in [2.05, 4.69) is 0 Å². The highest BCUT2D eigenvalue weighted by molar-refractivity contribution is 5.63. The van der Waals surface area contributed by atoms with Crippen LogP contribution in [0.3, 0.4) is 0 Å². The number of ether oxygens (including phenoxy) is 1. The van der Waals surface area contributed by atoms with Crippen LogP contribution in [0.1, 0.15) is 5.56 Å². The molecule has 0 amide bonds. The maximum absolute atomic E-state index is 12.8. The van der Waals surface area contributed by atoms with Crippen molar-refractivity contribution in [2.45, 2.75) is 5.92 Å². The Morgan fingerprint density at radius 1 is 1.46 bits per heavy atom. The van der Waals surface area contributed by atoms with Gasteiger partial charge in [-0.3, -0.25) is 4.79 Å². The predicted molar refractivity (Wildman–Crippen MR) is 43.0 cm³/mol. The molecule has 0 heterocycles. The van der Waals surface area contributed by atoms with E-state index in [1.54, 1.807) is 0 Å². The van der Waals surface area contributed by atoms with Gasteiger partial charge in [0.2, 0.25) is 0 Å². The second-order valence-corrected chi connectivity index (χ2v) is 2.47. The first kappa shape index (κ1) is 9.64. The molecule has 70 valence electrons. The van der Waals surface area contributed by atoms with Gasteiger partial charge in [0.1, 0.15) is 5.75 Å². The fourth-order valence-corrected chi connectivity index (χ4v) is 0.898. The standard InChI is InChI=1S/C9H8F2O2/c1-13-8-4-2-3-7(5-8)9(10,11)6-12/h2-6H,1H3. The van der Waals surface area contributed by atoms with E-state index in [9.17, 15) is 13.6 Å². The van der Waals surface area contributed by atoms with Crippen molar-refractivity contribution >= 4 is 6.29 Å². The van der Waals surface area contributed by atoms with E-state index in [4.69, 9.17) is 4.74 Å². The van der Waals surface area contributed by atoms with Gasteiger partial charge >= 0.3 is 5.92 Å². The zero-order valence-corrected chi connectivity index (χ0v) is 6.96. The molecule has 0 saturated carbocycles. The van der Waals surface area contributed by atoms with Gasteiger partial charge in [0, 0.05) is 5.56 Å². The minimum atomic E-state index is -3.44. The van der Waals surface area contributed by atoms with Crippen molar-refractivity contribution in [1.29, 1.82) is 0 Å². The van der Waals surface area contributed by atoms with Crippen molar-refractivity contribution in [3.05, 3.63) is 29.8 Å². The Morgan fingerprint density at radius 2 is 2.15 bits per heavy atom. The SMILES string of the molecule is COc1cccc(C(F)(F)C=O)c1. The second-order valence-electron chi connectivity index (χ2n) is 2.47. The van der Waals surface area contributed by atoms with Gasteiger partial charge < -0.3 is 4.74 Å². The first-order valence-electron chi connectivity index (χ1n) is 3.59. The van der Waals surface area contributed by atoms with Gasteiger partial charge in [0.15, 0.2) is 6.29 Å². The maximum Gasteiger partial charge on any atom is 0.327 e. The molecule has 1 rings (SSSR count). The molecule has 0 bridgehead atoms. The van der Waals surface area contributed by atoms with Crippen LogP contribution in [0.25, 0.3) is 0 Å². The summed E-state index contributed by atoms with van der Waals surface area (Å²) < 4.78 is 30.3. The zero-order chi connectivity index (χ0) is 9.90. The molecule has 0 spiro atoms. The Kier molecular flexibility index (Phi) is 2.60. The summed E-state index contributed by atoms with van der Waals surface area (Å²) in [4.78, 5) is 10.0. The minimum absolute atomic E-state index is 0.305. The van der Waals surface area contributed by atoms with E-state index in [-0.39, 0.29) is 11.8 Å². The first-order valence-corrected chi connectivity index (χ1v) is 3.59. The summed E-state index contributed by atoms with van der Waals surface area (Å²) in [6.45, 7) is 0. The van der Waals surface area contributed by atoms with Gasteiger partial charge in [-0.2, -0.15) is 8.78 Å². The van der Waals surface area contributed by atoms with E-state index in [0.717, 1.165) is 6.07 Å². The Balaban J connectivity index is 3.08. The van der Waals surface area contributed by atoms with Crippen LogP contribution < -0.4 is 4.74 Å². The smallest absolute Gasteiger partial charge is 0.327 e. The van der Waals surface area contributed by atoms with E-state index in [0.29, 0.717) is 5.75 Å². The number of benzene rings is 1. The number of carbonyl (C=O) groups is 1. The predicted octanol–water partition coefficient (Wildman–Crippen LogP) is 1.99. The van der Waals surface area contributed by atoms with Crippen molar-refractivity contribution in [2.75, 3.05) is 7.11 Å². The molecule has 1 aromatic carbocycles. The number of hydrogen-bond acceptors (Lipinski definition) is 2.